The lowest BCUT2D eigenvalue weighted by atomic mass is 9.99. The van der Waals surface area contributed by atoms with Crippen molar-refractivity contribution in [3.05, 3.63) is 97.1 Å². The zero-order chi connectivity index (χ0) is 35.9. The number of alkyl carbamates (subject to hydrolysis) is 1. The van der Waals surface area contributed by atoms with E-state index in [4.69, 9.17) is 9.47 Å². The summed E-state index contributed by atoms with van der Waals surface area (Å²) in [7, 11) is 0. The molecule has 0 unspecified atom stereocenters. The predicted molar refractivity (Wildman–Crippen MR) is 208 cm³/mol. The van der Waals surface area contributed by atoms with Crippen LogP contribution in [0.2, 0.25) is 0 Å². The summed E-state index contributed by atoms with van der Waals surface area (Å²) >= 11 is 0.880. The molecule has 0 spiro atoms. The molecule has 8 heteroatoms. The Hall–Kier alpha value is -3.52. The first-order valence-electron chi connectivity index (χ1n) is 18.8. The Morgan fingerprint density at radius 2 is 1.04 bits per heavy atom. The molecular weight excluding hydrogens is 645 g/mol. The van der Waals surface area contributed by atoms with Gasteiger partial charge in [0.1, 0.15) is 19.3 Å². The van der Waals surface area contributed by atoms with Crippen LogP contribution in [0.25, 0.3) is 0 Å². The number of thioether (sulfide) groups is 1. The Morgan fingerprint density at radius 1 is 0.600 bits per heavy atom. The molecular formula is C42H62N2O5S. The van der Waals surface area contributed by atoms with E-state index < -0.39 is 17.4 Å². The number of nitrogens with one attached hydrogen (secondary N) is 2. The van der Waals surface area contributed by atoms with Gasteiger partial charge in [-0.3, -0.25) is 4.79 Å². The van der Waals surface area contributed by atoms with Gasteiger partial charge in [-0.05, 0) is 61.4 Å². The van der Waals surface area contributed by atoms with E-state index in [1.165, 1.54) is 64.2 Å². The van der Waals surface area contributed by atoms with Gasteiger partial charge in [0.25, 0.3) is 0 Å². The number of rotatable bonds is 29. The zero-order valence-corrected chi connectivity index (χ0v) is 31.1. The van der Waals surface area contributed by atoms with Crippen molar-refractivity contribution in [2.24, 2.45) is 0 Å². The minimum absolute atomic E-state index is 0.00218. The fraction of sp³-hybridized carbons (Fsp3) is 0.548. The lowest BCUT2D eigenvalue weighted by molar-refractivity contribution is -0.123. The molecule has 0 heterocycles. The van der Waals surface area contributed by atoms with Gasteiger partial charge in [0, 0.05) is 11.8 Å². The highest BCUT2D eigenvalue weighted by Gasteiger charge is 2.25. The number of allylic oxidation sites excluding steroid dienone is 2. The van der Waals surface area contributed by atoms with E-state index in [9.17, 15) is 14.4 Å². The molecule has 2 aromatic rings. The van der Waals surface area contributed by atoms with Gasteiger partial charge in [0.15, 0.2) is 0 Å². The fourth-order valence-corrected chi connectivity index (χ4v) is 6.40. The Labute approximate surface area is 306 Å². The number of ether oxygens (including phenoxy) is 2. The monoisotopic (exact) mass is 706 g/mol. The van der Waals surface area contributed by atoms with Crippen molar-refractivity contribution in [3.8, 4) is 0 Å². The van der Waals surface area contributed by atoms with Gasteiger partial charge >= 0.3 is 11.4 Å². The minimum atomic E-state index is -0.957. The topological polar surface area (TPSA) is 93.7 Å². The zero-order valence-electron chi connectivity index (χ0n) is 30.3. The maximum Gasteiger partial charge on any atom is 0.408 e. The summed E-state index contributed by atoms with van der Waals surface area (Å²) in [5, 5.41) is 5.45. The molecule has 50 heavy (non-hydrogen) atoms. The summed E-state index contributed by atoms with van der Waals surface area (Å²) in [5.74, 6) is -0.274. The molecule has 0 saturated carbocycles. The first kappa shape index (κ1) is 42.6. The van der Waals surface area contributed by atoms with Crippen LogP contribution in [-0.2, 0) is 27.5 Å². The van der Waals surface area contributed by atoms with Gasteiger partial charge in [-0.15, -0.1) is 13.2 Å². The summed E-state index contributed by atoms with van der Waals surface area (Å²) in [5.41, 5.74) is 1.72. The maximum atomic E-state index is 13.7. The van der Waals surface area contributed by atoms with E-state index in [-0.39, 0.29) is 30.9 Å². The molecule has 2 aromatic carbocycles. The molecule has 0 aliphatic rings. The Balaban J connectivity index is 1.95. The third kappa shape index (κ3) is 22.2. The second kappa shape index (κ2) is 29.2. The second-order valence-corrected chi connectivity index (χ2v) is 13.9. The molecule has 0 radical (unpaired) electrons. The van der Waals surface area contributed by atoms with Gasteiger partial charge in [-0.25, -0.2) is 9.59 Å². The summed E-state index contributed by atoms with van der Waals surface area (Å²) in [6, 6.07) is 17.9. The highest BCUT2D eigenvalue weighted by atomic mass is 32.2. The SMILES string of the molecule is C=CCCCCCCCCCC(CCCCCCCCCC=C)NC(=O)[C@H](CSC(=O)OCc1ccccc1)NC(=O)OCc1ccccc1. The molecule has 0 fully saturated rings. The fourth-order valence-electron chi connectivity index (χ4n) is 5.72. The Kier molecular flexibility index (Phi) is 24.9. The van der Waals surface area contributed by atoms with Gasteiger partial charge in [-0.2, -0.15) is 0 Å². The predicted octanol–water partition coefficient (Wildman–Crippen LogP) is 11.2. The molecule has 2 amide bonds. The molecule has 276 valence electrons. The normalized spacial score (nSPS) is 11.5. The van der Waals surface area contributed by atoms with Crippen molar-refractivity contribution in [3.63, 3.8) is 0 Å². The van der Waals surface area contributed by atoms with E-state index in [0.29, 0.717) is 0 Å². The van der Waals surface area contributed by atoms with E-state index in [1.54, 1.807) is 0 Å². The Morgan fingerprint density at radius 3 is 1.52 bits per heavy atom. The molecule has 7 nitrogen and oxygen atoms in total. The van der Waals surface area contributed by atoms with Crippen molar-refractivity contribution in [1.29, 1.82) is 0 Å². The quantitative estimate of drug-likeness (QED) is 0.0497. The summed E-state index contributed by atoms with van der Waals surface area (Å²) < 4.78 is 10.8. The lowest BCUT2D eigenvalue weighted by Gasteiger charge is -2.23. The van der Waals surface area contributed by atoms with Crippen LogP contribution < -0.4 is 10.6 Å². The molecule has 0 saturated heterocycles. The van der Waals surface area contributed by atoms with Crippen LogP contribution in [0.3, 0.4) is 0 Å². The van der Waals surface area contributed by atoms with Crippen LogP contribution in [0, 0.1) is 0 Å². The van der Waals surface area contributed by atoms with Crippen molar-refractivity contribution in [2.75, 3.05) is 5.75 Å². The van der Waals surface area contributed by atoms with Crippen molar-refractivity contribution in [2.45, 2.75) is 141 Å². The van der Waals surface area contributed by atoms with Gasteiger partial charge in [0.2, 0.25) is 5.91 Å². The first-order valence-corrected chi connectivity index (χ1v) is 19.8. The van der Waals surface area contributed by atoms with Crippen LogP contribution in [0.5, 0.6) is 0 Å². The minimum Gasteiger partial charge on any atom is -0.453 e. The largest absolute Gasteiger partial charge is 0.453 e. The van der Waals surface area contributed by atoms with Gasteiger partial charge in [-0.1, -0.05) is 150 Å². The number of unbranched alkanes of at least 4 members (excludes halogenated alkanes) is 14. The van der Waals surface area contributed by atoms with Crippen LogP contribution in [-0.4, -0.2) is 35.1 Å². The number of hydrogen-bond donors (Lipinski definition) is 2. The highest BCUT2D eigenvalue weighted by Crippen LogP contribution is 2.17. The summed E-state index contributed by atoms with van der Waals surface area (Å²) in [4.78, 5) is 39.2. The smallest absolute Gasteiger partial charge is 0.408 e. The first-order chi connectivity index (χ1) is 24.5. The average Bonchev–Trinajstić information content (AvgIpc) is 3.14. The highest BCUT2D eigenvalue weighted by molar-refractivity contribution is 8.13. The van der Waals surface area contributed by atoms with Crippen LogP contribution in [0.1, 0.15) is 127 Å². The summed E-state index contributed by atoms with van der Waals surface area (Å²) in [6.45, 7) is 7.83. The third-order valence-corrected chi connectivity index (χ3v) is 9.51. The number of benzene rings is 2. The van der Waals surface area contributed by atoms with Gasteiger partial charge in [0.05, 0.1) is 0 Å². The van der Waals surface area contributed by atoms with Crippen LogP contribution in [0.4, 0.5) is 9.59 Å². The molecule has 1 atom stereocenters. The number of carbonyl (C=O) groups excluding carboxylic acids is 3. The molecule has 0 aromatic heterocycles. The molecule has 0 aliphatic carbocycles. The lowest BCUT2D eigenvalue weighted by Crippen LogP contribution is -2.51. The third-order valence-electron chi connectivity index (χ3n) is 8.66. The number of hydrogen-bond acceptors (Lipinski definition) is 6. The van der Waals surface area contributed by atoms with Crippen molar-refractivity contribution >= 4 is 29.1 Å². The molecule has 0 bridgehead atoms. The maximum absolute atomic E-state index is 13.7. The summed E-state index contributed by atoms with van der Waals surface area (Å²) in [6.07, 6.45) is 23.9. The number of carbonyl (C=O) groups is 3. The van der Waals surface area contributed by atoms with E-state index in [0.717, 1.165) is 74.3 Å². The van der Waals surface area contributed by atoms with E-state index in [1.807, 2.05) is 72.8 Å². The van der Waals surface area contributed by atoms with Crippen LogP contribution in [0.15, 0.2) is 86.0 Å². The molecule has 2 N–H and O–H groups in total. The number of amides is 2. The molecule has 2 rings (SSSR count). The van der Waals surface area contributed by atoms with Crippen molar-refractivity contribution < 1.29 is 23.9 Å². The van der Waals surface area contributed by atoms with Crippen molar-refractivity contribution in [1.82, 2.24) is 10.6 Å². The Bertz CT molecular complexity index is 1170. The molecule has 0 aliphatic heterocycles. The van der Waals surface area contributed by atoms with Gasteiger partial charge < -0.3 is 20.1 Å². The van der Waals surface area contributed by atoms with E-state index >= 15 is 0 Å². The average molecular weight is 707 g/mol. The van der Waals surface area contributed by atoms with Crippen LogP contribution >= 0.6 is 11.8 Å². The standard InChI is InChI=1S/C42H62N2O5S/c1-3-5-7-9-11-13-15-17-25-31-38(32-26-18-16-14-12-10-8-6-4-2)43-40(45)39(44-41(46)48-33-36-27-21-19-22-28-36)35-50-42(47)49-34-37-29-23-20-24-30-37/h3-4,19-24,27-30,38-39H,1-2,5-18,25-26,31-35H2,(H,43,45)(H,44,46)/t39-/m0/s1. The van der Waals surface area contributed by atoms with E-state index in [2.05, 4.69) is 23.8 Å². The second-order valence-electron chi connectivity index (χ2n) is 13.0.